The average molecular weight is 168 g/mol. The summed E-state index contributed by atoms with van der Waals surface area (Å²) in [5, 5.41) is 19.3. The summed E-state index contributed by atoms with van der Waals surface area (Å²) in [4.78, 5) is 29.4. The summed E-state index contributed by atoms with van der Waals surface area (Å²) in [6, 6.07) is 0. The Morgan fingerprint density at radius 3 is 1.73 bits per heavy atom. The molecule has 0 heterocycles. The first-order chi connectivity index (χ1) is 4.54. The molecule has 0 radical (unpaired) electrons. The molecule has 0 aromatic carbocycles. The molecule has 0 saturated heterocycles. The van der Waals surface area contributed by atoms with Gasteiger partial charge in [-0.05, 0) is 6.42 Å². The van der Waals surface area contributed by atoms with Crippen LogP contribution in [0.4, 0.5) is 0 Å². The minimum atomic E-state index is -1.86. The molecule has 0 bridgehead atoms. The van der Waals surface area contributed by atoms with Crippen LogP contribution in [0.5, 0.6) is 0 Å². The fourth-order valence-electron chi connectivity index (χ4n) is 0.318. The molecule has 0 aliphatic carbocycles. The summed E-state index contributed by atoms with van der Waals surface area (Å²) >= 11 is 0. The van der Waals surface area contributed by atoms with Crippen molar-refractivity contribution in [3.8, 4) is 0 Å². The van der Waals surface area contributed by atoms with Crippen molar-refractivity contribution >= 4 is 40.8 Å². The number of hydrogen-bond donors (Lipinski definition) is 0. The number of aliphatic carboxylic acids is 2. The number of hydrogen-bond acceptors (Lipinski definition) is 5. The second-order valence-electron chi connectivity index (χ2n) is 1.58. The maximum absolute atomic E-state index is 10.1. The van der Waals surface area contributed by atoms with Gasteiger partial charge in [0.1, 0.15) is 5.97 Å². The van der Waals surface area contributed by atoms with Gasteiger partial charge in [0, 0.05) is 12.4 Å². The zero-order valence-corrected chi connectivity index (χ0v) is 7.08. The van der Waals surface area contributed by atoms with Gasteiger partial charge in [0.05, 0.1) is 0 Å². The Balaban J connectivity index is 0. The molecular formula is C5H4MgO5. The fraction of sp³-hybridized carbons (Fsp3) is 0.400. The number of carboxylic acids is 2. The summed E-state index contributed by atoms with van der Waals surface area (Å²) in [5.74, 6) is -4.53. The van der Waals surface area contributed by atoms with Gasteiger partial charge in [0.25, 0.3) is 0 Å². The minimum absolute atomic E-state index is 0. The van der Waals surface area contributed by atoms with Crippen LogP contribution in [0.2, 0.25) is 0 Å². The first-order valence-electron chi connectivity index (χ1n) is 2.48. The largest absolute Gasteiger partial charge is 2.00 e. The van der Waals surface area contributed by atoms with Gasteiger partial charge < -0.3 is 19.8 Å². The molecule has 0 saturated carbocycles. The Morgan fingerprint density at radius 1 is 1.00 bits per heavy atom. The molecule has 56 valence electrons. The van der Waals surface area contributed by atoms with Gasteiger partial charge >= 0.3 is 23.1 Å². The van der Waals surface area contributed by atoms with E-state index in [1.54, 1.807) is 0 Å². The second kappa shape index (κ2) is 6.11. The molecule has 0 aliphatic rings. The standard InChI is InChI=1S/C5H6O5.Mg/c6-3(5(9)10)1-2-4(7)8;/h1-2H2,(H,7,8)(H,9,10);/q;+2/p-2. The van der Waals surface area contributed by atoms with E-state index < -0.39 is 30.6 Å². The summed E-state index contributed by atoms with van der Waals surface area (Å²) < 4.78 is 0. The van der Waals surface area contributed by atoms with Gasteiger partial charge in [0.15, 0.2) is 5.78 Å². The molecule has 0 aliphatic heterocycles. The van der Waals surface area contributed by atoms with Crippen molar-refractivity contribution in [2.24, 2.45) is 0 Å². The number of rotatable bonds is 4. The first-order valence-corrected chi connectivity index (χ1v) is 2.48. The zero-order valence-electron chi connectivity index (χ0n) is 5.66. The smallest absolute Gasteiger partial charge is 0.550 e. The molecule has 0 aromatic rings. The maximum atomic E-state index is 10.1. The molecule has 0 amide bonds. The molecule has 0 fully saturated rings. The van der Waals surface area contributed by atoms with E-state index in [0.29, 0.717) is 0 Å². The van der Waals surface area contributed by atoms with Gasteiger partial charge in [-0.3, -0.25) is 4.79 Å². The third kappa shape index (κ3) is 7.27. The van der Waals surface area contributed by atoms with Crippen molar-refractivity contribution in [1.29, 1.82) is 0 Å². The SMILES string of the molecule is O=C([O-])CCC(=O)C(=O)[O-].[Mg+2]. The van der Waals surface area contributed by atoms with Crippen LogP contribution in [0.1, 0.15) is 12.8 Å². The molecule has 11 heavy (non-hydrogen) atoms. The molecule has 0 N–H and O–H groups in total. The first kappa shape index (κ1) is 13.0. The normalized spacial score (nSPS) is 8.00. The van der Waals surface area contributed by atoms with Crippen LogP contribution < -0.4 is 10.2 Å². The predicted octanol–water partition coefficient (Wildman–Crippen LogP) is -3.55. The van der Waals surface area contributed by atoms with Crippen LogP contribution in [0.15, 0.2) is 0 Å². The van der Waals surface area contributed by atoms with E-state index in [9.17, 15) is 24.6 Å². The van der Waals surface area contributed by atoms with Crippen molar-refractivity contribution in [1.82, 2.24) is 0 Å². The summed E-state index contributed by atoms with van der Waals surface area (Å²) in [6.45, 7) is 0. The summed E-state index contributed by atoms with van der Waals surface area (Å²) in [6.07, 6.45) is -1.14. The second-order valence-corrected chi connectivity index (χ2v) is 1.58. The Labute approximate surface area is 78.5 Å². The van der Waals surface area contributed by atoms with E-state index >= 15 is 0 Å². The van der Waals surface area contributed by atoms with Crippen molar-refractivity contribution < 1.29 is 24.6 Å². The van der Waals surface area contributed by atoms with E-state index in [2.05, 4.69) is 0 Å². The van der Waals surface area contributed by atoms with E-state index in [1.807, 2.05) is 0 Å². The zero-order chi connectivity index (χ0) is 8.15. The topological polar surface area (TPSA) is 97.3 Å². The van der Waals surface area contributed by atoms with Crippen LogP contribution in [0.3, 0.4) is 0 Å². The number of carboxylic acid groups (broad SMARTS) is 2. The van der Waals surface area contributed by atoms with Crippen LogP contribution in [-0.4, -0.2) is 40.8 Å². The molecule has 0 spiro atoms. The molecular weight excluding hydrogens is 164 g/mol. The van der Waals surface area contributed by atoms with E-state index in [1.165, 1.54) is 0 Å². The average Bonchev–Trinajstić information content (AvgIpc) is 1.82. The Morgan fingerprint density at radius 2 is 1.45 bits per heavy atom. The van der Waals surface area contributed by atoms with Crippen molar-refractivity contribution in [2.45, 2.75) is 12.8 Å². The molecule has 0 unspecified atom stereocenters. The minimum Gasteiger partial charge on any atom is -0.550 e. The van der Waals surface area contributed by atoms with Crippen LogP contribution in [0.25, 0.3) is 0 Å². The predicted molar refractivity (Wildman–Crippen MR) is 30.0 cm³/mol. The van der Waals surface area contributed by atoms with Crippen molar-refractivity contribution in [2.75, 3.05) is 0 Å². The van der Waals surface area contributed by atoms with Gasteiger partial charge in [0.2, 0.25) is 0 Å². The van der Waals surface area contributed by atoms with Gasteiger partial charge in [-0.1, -0.05) is 0 Å². The third-order valence-corrected chi connectivity index (χ3v) is 0.784. The number of carbonyl (C=O) groups is 3. The Kier molecular flexibility index (Phi) is 7.22. The Bertz CT molecular complexity index is 176. The van der Waals surface area contributed by atoms with E-state index in [4.69, 9.17) is 0 Å². The van der Waals surface area contributed by atoms with Gasteiger partial charge in [-0.25, -0.2) is 0 Å². The summed E-state index contributed by atoms with van der Waals surface area (Å²) in [5.41, 5.74) is 0. The molecule has 0 rings (SSSR count). The maximum Gasteiger partial charge on any atom is 2.00 e. The van der Waals surface area contributed by atoms with Crippen molar-refractivity contribution in [3.05, 3.63) is 0 Å². The Hall–Kier alpha value is -0.624. The quantitative estimate of drug-likeness (QED) is 0.320. The number of ketones is 1. The van der Waals surface area contributed by atoms with Crippen LogP contribution in [0, 0.1) is 0 Å². The fourth-order valence-corrected chi connectivity index (χ4v) is 0.318. The summed E-state index contributed by atoms with van der Waals surface area (Å²) in [7, 11) is 0. The van der Waals surface area contributed by atoms with Crippen molar-refractivity contribution in [3.63, 3.8) is 0 Å². The van der Waals surface area contributed by atoms with E-state index in [-0.39, 0.29) is 23.1 Å². The van der Waals surface area contributed by atoms with Gasteiger partial charge in [-0.15, -0.1) is 0 Å². The molecule has 5 nitrogen and oxygen atoms in total. The van der Waals surface area contributed by atoms with Crippen LogP contribution in [-0.2, 0) is 14.4 Å². The van der Waals surface area contributed by atoms with Gasteiger partial charge in [-0.2, -0.15) is 0 Å². The molecule has 0 aromatic heterocycles. The number of Topliss-reactive ketones (excluding diaryl/α,β-unsaturated/α-hetero) is 1. The number of carbonyl (C=O) groups excluding carboxylic acids is 3. The molecule has 6 heteroatoms. The monoisotopic (exact) mass is 168 g/mol. The molecule has 0 atom stereocenters. The third-order valence-electron chi connectivity index (χ3n) is 0.784. The van der Waals surface area contributed by atoms with Crippen LogP contribution >= 0.6 is 0 Å². The van der Waals surface area contributed by atoms with E-state index in [0.717, 1.165) is 0 Å².